The summed E-state index contributed by atoms with van der Waals surface area (Å²) in [7, 11) is 0. The van der Waals surface area contributed by atoms with E-state index in [9.17, 15) is 9.59 Å². The van der Waals surface area contributed by atoms with Crippen LogP contribution in [0, 0.1) is 5.41 Å². The molecule has 2 N–H and O–H groups in total. The minimum atomic E-state index is -1.22. The molecule has 0 saturated heterocycles. The lowest BCUT2D eigenvalue weighted by Crippen LogP contribution is -2.45. The fourth-order valence-corrected chi connectivity index (χ4v) is 2.74. The number of benzene rings is 2. The molecule has 0 heterocycles. The van der Waals surface area contributed by atoms with Crippen molar-refractivity contribution in [3.63, 3.8) is 0 Å². The van der Waals surface area contributed by atoms with Gasteiger partial charge in [0.1, 0.15) is 5.41 Å². The van der Waals surface area contributed by atoms with Crippen LogP contribution in [-0.2, 0) is 16.1 Å². The fourth-order valence-electron chi connectivity index (χ4n) is 2.53. The molecule has 0 aliphatic carbocycles. The van der Waals surface area contributed by atoms with Crippen LogP contribution in [0.4, 0.5) is 5.69 Å². The van der Waals surface area contributed by atoms with Gasteiger partial charge in [0.05, 0.1) is 0 Å². The molecule has 138 valence electrons. The third-order valence-electron chi connectivity index (χ3n) is 4.36. The number of hydrogen-bond acceptors (Lipinski definition) is 2. The van der Waals surface area contributed by atoms with Crippen LogP contribution in [0.1, 0.15) is 44.7 Å². The van der Waals surface area contributed by atoms with Gasteiger partial charge in [-0.15, -0.1) is 0 Å². The smallest absolute Gasteiger partial charge is 0.239 e. The summed E-state index contributed by atoms with van der Waals surface area (Å²) in [5, 5.41) is 6.28. The van der Waals surface area contributed by atoms with Crippen molar-refractivity contribution in [3.8, 4) is 0 Å². The first kappa shape index (κ1) is 20.0. The minimum Gasteiger partial charge on any atom is -0.351 e. The van der Waals surface area contributed by atoms with E-state index in [0.717, 1.165) is 16.8 Å². The van der Waals surface area contributed by atoms with E-state index < -0.39 is 5.41 Å². The van der Waals surface area contributed by atoms with Gasteiger partial charge in [-0.1, -0.05) is 61.8 Å². The largest absolute Gasteiger partial charge is 0.351 e. The first-order valence-electron chi connectivity index (χ1n) is 8.65. The molecule has 2 aromatic rings. The molecular formula is C21H25ClN2O2. The third kappa shape index (κ3) is 4.64. The third-order valence-corrected chi connectivity index (χ3v) is 4.73. The van der Waals surface area contributed by atoms with Crippen LogP contribution >= 0.6 is 11.6 Å². The summed E-state index contributed by atoms with van der Waals surface area (Å²) in [6.07, 6.45) is 0. The molecule has 0 spiro atoms. The quantitative estimate of drug-likeness (QED) is 0.719. The lowest BCUT2D eigenvalue weighted by atomic mass is 9.90. The van der Waals surface area contributed by atoms with Gasteiger partial charge in [0, 0.05) is 17.3 Å². The number of rotatable bonds is 6. The molecule has 0 radical (unpaired) electrons. The van der Waals surface area contributed by atoms with E-state index in [1.54, 1.807) is 19.9 Å². The summed E-state index contributed by atoms with van der Waals surface area (Å²) in [6.45, 7) is 7.63. The molecule has 2 rings (SSSR count). The van der Waals surface area contributed by atoms with E-state index >= 15 is 0 Å². The monoisotopic (exact) mass is 372 g/mol. The highest BCUT2D eigenvalue weighted by molar-refractivity contribution is 6.31. The summed E-state index contributed by atoms with van der Waals surface area (Å²) < 4.78 is 0. The zero-order valence-electron chi connectivity index (χ0n) is 15.6. The maximum absolute atomic E-state index is 12.7. The summed E-state index contributed by atoms with van der Waals surface area (Å²) in [5.41, 5.74) is 1.36. The Morgan fingerprint density at radius 3 is 2.27 bits per heavy atom. The lowest BCUT2D eigenvalue weighted by molar-refractivity contribution is -0.138. The van der Waals surface area contributed by atoms with Crippen molar-refractivity contribution in [1.29, 1.82) is 0 Å². The van der Waals surface area contributed by atoms with Gasteiger partial charge in [-0.05, 0) is 43.0 Å². The molecule has 0 unspecified atom stereocenters. The Hall–Kier alpha value is -2.33. The molecule has 2 aromatic carbocycles. The van der Waals surface area contributed by atoms with Crippen LogP contribution in [0.5, 0.6) is 0 Å². The van der Waals surface area contributed by atoms with Gasteiger partial charge in [-0.2, -0.15) is 0 Å². The van der Waals surface area contributed by atoms with Crippen LogP contribution in [0.15, 0.2) is 48.5 Å². The van der Waals surface area contributed by atoms with Gasteiger partial charge in [0.2, 0.25) is 11.8 Å². The molecule has 0 atom stereocenters. The molecule has 5 heteroatoms. The Morgan fingerprint density at radius 1 is 1.00 bits per heavy atom. The van der Waals surface area contributed by atoms with E-state index in [0.29, 0.717) is 5.02 Å². The van der Waals surface area contributed by atoms with Gasteiger partial charge in [0.25, 0.3) is 0 Å². The van der Waals surface area contributed by atoms with Gasteiger partial charge >= 0.3 is 0 Å². The predicted octanol–water partition coefficient (Wildman–Crippen LogP) is 4.74. The second-order valence-electron chi connectivity index (χ2n) is 7.10. The average molecular weight is 373 g/mol. The van der Waals surface area contributed by atoms with Crippen LogP contribution in [-0.4, -0.2) is 11.8 Å². The summed E-state index contributed by atoms with van der Waals surface area (Å²) in [6, 6.07) is 14.9. The van der Waals surface area contributed by atoms with Crippen molar-refractivity contribution in [3.05, 3.63) is 64.7 Å². The second-order valence-corrected chi connectivity index (χ2v) is 7.50. The van der Waals surface area contributed by atoms with Crippen molar-refractivity contribution in [2.24, 2.45) is 5.41 Å². The molecule has 4 nitrogen and oxygen atoms in total. The second kappa shape index (κ2) is 8.37. The average Bonchev–Trinajstić information content (AvgIpc) is 2.60. The summed E-state index contributed by atoms with van der Waals surface area (Å²) in [5.74, 6) is -0.428. The number of para-hydroxylation sites is 1. The molecule has 2 amide bonds. The molecule has 0 aliphatic rings. The van der Waals surface area contributed by atoms with E-state index in [-0.39, 0.29) is 24.3 Å². The number of amides is 2. The molecular weight excluding hydrogens is 348 g/mol. The Bertz CT molecular complexity index is 800. The lowest BCUT2D eigenvalue weighted by Gasteiger charge is -2.24. The van der Waals surface area contributed by atoms with Gasteiger partial charge in [-0.3, -0.25) is 9.59 Å². The predicted molar refractivity (Wildman–Crippen MR) is 106 cm³/mol. The molecule has 0 aromatic heterocycles. The molecule has 0 saturated carbocycles. The van der Waals surface area contributed by atoms with Crippen LogP contribution in [0.25, 0.3) is 0 Å². The van der Waals surface area contributed by atoms with Crippen molar-refractivity contribution in [1.82, 2.24) is 5.32 Å². The number of nitrogens with one attached hydrogen (secondary N) is 2. The molecule has 0 aliphatic heterocycles. The van der Waals surface area contributed by atoms with Gasteiger partial charge < -0.3 is 10.6 Å². The highest BCUT2D eigenvalue weighted by Gasteiger charge is 2.36. The normalized spacial score (nSPS) is 11.3. The topological polar surface area (TPSA) is 58.2 Å². The standard InChI is InChI=1S/C21H25ClN2O2/c1-14(2)16-10-6-8-12-18(16)24-20(26)21(3,4)19(25)23-13-15-9-5-7-11-17(15)22/h5-12,14H,13H2,1-4H3,(H,23,25)(H,24,26). The SMILES string of the molecule is CC(C)c1ccccc1NC(=O)C(C)(C)C(=O)NCc1ccccc1Cl. The molecule has 26 heavy (non-hydrogen) atoms. The molecule has 0 bridgehead atoms. The highest BCUT2D eigenvalue weighted by atomic mass is 35.5. The highest BCUT2D eigenvalue weighted by Crippen LogP contribution is 2.26. The molecule has 0 fully saturated rings. The van der Waals surface area contributed by atoms with Crippen LogP contribution < -0.4 is 10.6 Å². The first-order valence-corrected chi connectivity index (χ1v) is 9.03. The number of carbonyl (C=O) groups excluding carboxylic acids is 2. The van der Waals surface area contributed by atoms with Crippen LogP contribution in [0.3, 0.4) is 0 Å². The van der Waals surface area contributed by atoms with Crippen molar-refractivity contribution >= 4 is 29.1 Å². The number of halogens is 1. The summed E-state index contributed by atoms with van der Waals surface area (Å²) >= 11 is 6.11. The fraction of sp³-hybridized carbons (Fsp3) is 0.333. The Morgan fingerprint density at radius 2 is 1.62 bits per heavy atom. The van der Waals surface area contributed by atoms with Crippen molar-refractivity contribution in [2.75, 3.05) is 5.32 Å². The Balaban J connectivity index is 2.07. The van der Waals surface area contributed by atoms with E-state index in [2.05, 4.69) is 24.5 Å². The van der Waals surface area contributed by atoms with Gasteiger partial charge in [-0.25, -0.2) is 0 Å². The summed E-state index contributed by atoms with van der Waals surface area (Å²) in [4.78, 5) is 25.3. The van der Waals surface area contributed by atoms with E-state index in [1.165, 1.54) is 0 Å². The van der Waals surface area contributed by atoms with Crippen molar-refractivity contribution in [2.45, 2.75) is 40.2 Å². The first-order chi connectivity index (χ1) is 12.2. The van der Waals surface area contributed by atoms with Crippen molar-refractivity contribution < 1.29 is 9.59 Å². The number of carbonyl (C=O) groups is 2. The Kier molecular flexibility index (Phi) is 6.43. The van der Waals surface area contributed by atoms with Gasteiger partial charge in [0.15, 0.2) is 0 Å². The maximum Gasteiger partial charge on any atom is 0.239 e. The minimum absolute atomic E-state index is 0.267. The zero-order valence-corrected chi connectivity index (χ0v) is 16.4. The van der Waals surface area contributed by atoms with E-state index in [1.807, 2.05) is 42.5 Å². The number of hydrogen-bond donors (Lipinski definition) is 2. The Labute approximate surface area is 159 Å². The maximum atomic E-state index is 12.7. The zero-order chi connectivity index (χ0) is 19.3. The van der Waals surface area contributed by atoms with Crippen LogP contribution in [0.2, 0.25) is 5.02 Å². The number of anilines is 1. The van der Waals surface area contributed by atoms with E-state index in [4.69, 9.17) is 11.6 Å².